The molecular weight excluding hydrogens is 506 g/mol. The number of aromatic carboxylic acids is 1. The Balaban J connectivity index is 1.62. The molecule has 4 aromatic rings. The van der Waals surface area contributed by atoms with Gasteiger partial charge < -0.3 is 5.11 Å². The van der Waals surface area contributed by atoms with Crippen molar-refractivity contribution in [2.24, 2.45) is 0 Å². The van der Waals surface area contributed by atoms with Crippen LogP contribution in [0.25, 0.3) is 0 Å². The van der Waals surface area contributed by atoms with E-state index in [2.05, 4.69) is 0 Å². The zero-order valence-electron chi connectivity index (χ0n) is 18.3. The second-order valence-electron chi connectivity index (χ2n) is 7.57. The number of aryl methyl sites for hydroxylation is 2. The smallest absolute Gasteiger partial charge is 0.335 e. The number of carboxylic acid groups (broad SMARTS) is 1. The number of hydrogen-bond acceptors (Lipinski definition) is 5. The highest BCUT2D eigenvalue weighted by atomic mass is 32.2. The van der Waals surface area contributed by atoms with Crippen LogP contribution in [-0.4, -0.2) is 28.3 Å². The molecule has 180 valence electrons. The largest absolute Gasteiger partial charge is 0.478 e. The quantitative estimate of drug-likeness (QED) is 0.284. The molecule has 1 heterocycles. The van der Waals surface area contributed by atoms with Gasteiger partial charge in [0.1, 0.15) is 9.21 Å². The normalized spacial score (nSPS) is 12.3. The van der Waals surface area contributed by atoms with E-state index in [1.54, 1.807) is 54.6 Å². The first kappa shape index (κ1) is 24.8. The summed E-state index contributed by atoms with van der Waals surface area (Å²) >= 11 is -1.52. The number of benzene rings is 3. The van der Waals surface area contributed by atoms with Crippen LogP contribution in [0.15, 0.2) is 100 Å². The maximum atomic E-state index is 13.0. The molecule has 0 amide bonds. The third-order valence-electron chi connectivity index (χ3n) is 5.34. The zero-order valence-corrected chi connectivity index (χ0v) is 20.7. The topological polar surface area (TPSA) is 112 Å². The van der Waals surface area contributed by atoms with E-state index in [1.807, 2.05) is 12.1 Å². The highest BCUT2D eigenvalue weighted by molar-refractivity contribution is 7.93. The summed E-state index contributed by atoms with van der Waals surface area (Å²) in [6.07, 6.45) is 1.11. The zero-order chi connectivity index (χ0) is 25.0. The summed E-state index contributed by atoms with van der Waals surface area (Å²) in [4.78, 5) is 11.2. The first-order chi connectivity index (χ1) is 16.8. The summed E-state index contributed by atoms with van der Waals surface area (Å²) in [5.74, 6) is -0.993. The van der Waals surface area contributed by atoms with Gasteiger partial charge in [0, 0.05) is 0 Å². The van der Waals surface area contributed by atoms with Gasteiger partial charge in [0.25, 0.3) is 11.3 Å². The summed E-state index contributed by atoms with van der Waals surface area (Å²) in [7, 11) is -3.76. The molecule has 7 nitrogen and oxygen atoms in total. The predicted octanol–water partition coefficient (Wildman–Crippen LogP) is 5.34. The van der Waals surface area contributed by atoms with Crippen molar-refractivity contribution in [3.8, 4) is 0 Å². The van der Waals surface area contributed by atoms with Crippen molar-refractivity contribution in [2.45, 2.75) is 21.9 Å². The Morgan fingerprint density at radius 3 is 2.17 bits per heavy atom. The average Bonchev–Trinajstić information content (AvgIpc) is 3.35. The molecule has 1 aromatic heterocycles. The molecule has 0 saturated heterocycles. The van der Waals surface area contributed by atoms with E-state index in [0.717, 1.165) is 22.5 Å². The van der Waals surface area contributed by atoms with Crippen molar-refractivity contribution in [2.75, 3.05) is 4.31 Å². The van der Waals surface area contributed by atoms with Crippen molar-refractivity contribution in [1.82, 2.24) is 0 Å². The van der Waals surface area contributed by atoms with Crippen LogP contribution in [0, 0.1) is 0 Å². The monoisotopic (exact) mass is 527 g/mol. The van der Waals surface area contributed by atoms with Crippen molar-refractivity contribution < 1.29 is 27.1 Å². The van der Waals surface area contributed by atoms with Gasteiger partial charge in [0.2, 0.25) is 9.84 Å². The first-order valence-corrected chi connectivity index (χ1v) is 13.8. The molecule has 4 rings (SSSR count). The number of sulfone groups is 1. The first-order valence-electron chi connectivity index (χ1n) is 10.5. The number of carbonyl (C=O) groups is 1. The molecule has 35 heavy (non-hydrogen) atoms. The number of para-hydroxylation sites is 1. The molecule has 0 radical (unpaired) electrons. The molecule has 0 aliphatic carbocycles. The van der Waals surface area contributed by atoms with Crippen LogP contribution in [0.4, 0.5) is 10.7 Å². The van der Waals surface area contributed by atoms with E-state index in [-0.39, 0.29) is 14.7 Å². The lowest BCUT2D eigenvalue weighted by molar-refractivity contribution is 0.0697. The Labute approximate surface area is 209 Å². The van der Waals surface area contributed by atoms with E-state index in [1.165, 1.54) is 28.6 Å². The lowest BCUT2D eigenvalue weighted by Crippen LogP contribution is -2.19. The molecule has 0 fully saturated rings. The number of anilines is 2. The maximum Gasteiger partial charge on any atom is 0.335 e. The summed E-state index contributed by atoms with van der Waals surface area (Å²) in [5, 5.41) is 9.38. The Morgan fingerprint density at radius 2 is 1.51 bits per heavy atom. The standard InChI is InChI=1S/C25H21NO6S3/c27-25(28)20-14-11-18(12-15-20)10-13-19-6-4-5-9-22(19)26(34(29)30)23-16-17-24(33-23)35(31,32)21-7-2-1-3-8-21/h1-9,11-12,14-17H,10,13H2,(H,27,28)(H,29,30). The van der Waals surface area contributed by atoms with Crippen molar-refractivity contribution in [3.05, 3.63) is 108 Å². The Morgan fingerprint density at radius 1 is 0.857 bits per heavy atom. The van der Waals surface area contributed by atoms with Crippen LogP contribution >= 0.6 is 11.3 Å². The van der Waals surface area contributed by atoms with Crippen molar-refractivity contribution in [1.29, 1.82) is 0 Å². The minimum atomic E-state index is -3.76. The Bertz CT molecular complexity index is 1460. The summed E-state index contributed by atoms with van der Waals surface area (Å²) in [5.41, 5.74) is 2.41. The van der Waals surface area contributed by atoms with Crippen LogP contribution in [0.3, 0.4) is 0 Å². The molecule has 0 spiro atoms. The molecule has 1 atom stereocenters. The highest BCUT2D eigenvalue weighted by Crippen LogP contribution is 2.38. The van der Waals surface area contributed by atoms with Crippen LogP contribution in [0.1, 0.15) is 21.5 Å². The van der Waals surface area contributed by atoms with Crippen LogP contribution < -0.4 is 4.31 Å². The lowest BCUT2D eigenvalue weighted by Gasteiger charge is -2.21. The number of hydrogen-bond donors (Lipinski definition) is 2. The van der Waals surface area contributed by atoms with E-state index in [0.29, 0.717) is 23.5 Å². The molecular formula is C25H21NO6S3. The molecule has 3 aromatic carbocycles. The van der Waals surface area contributed by atoms with E-state index >= 15 is 0 Å². The molecule has 1 unspecified atom stereocenters. The second kappa shape index (κ2) is 10.5. The molecule has 0 aliphatic rings. The van der Waals surface area contributed by atoms with Gasteiger partial charge in [-0.15, -0.1) is 11.3 Å². The van der Waals surface area contributed by atoms with E-state index in [4.69, 9.17) is 5.11 Å². The molecule has 10 heteroatoms. The van der Waals surface area contributed by atoms with Gasteiger partial charge in [0.15, 0.2) is 0 Å². The van der Waals surface area contributed by atoms with Gasteiger partial charge in [-0.2, -0.15) is 0 Å². The molecule has 0 aliphatic heterocycles. The minimum Gasteiger partial charge on any atom is -0.478 e. The molecule has 0 bridgehead atoms. The van der Waals surface area contributed by atoms with Crippen LogP contribution in [0.2, 0.25) is 0 Å². The number of carboxylic acids is 1. The summed E-state index contributed by atoms with van der Waals surface area (Å²) in [6.45, 7) is 0. The predicted molar refractivity (Wildman–Crippen MR) is 136 cm³/mol. The van der Waals surface area contributed by atoms with Gasteiger partial charge in [0.05, 0.1) is 16.1 Å². The van der Waals surface area contributed by atoms with Gasteiger partial charge in [-0.1, -0.05) is 48.5 Å². The van der Waals surface area contributed by atoms with Crippen molar-refractivity contribution >= 4 is 49.1 Å². The van der Waals surface area contributed by atoms with Gasteiger partial charge in [-0.05, 0) is 66.4 Å². The maximum absolute atomic E-state index is 13.0. The van der Waals surface area contributed by atoms with Gasteiger partial charge in [-0.25, -0.2) is 21.7 Å². The third kappa shape index (κ3) is 5.51. The van der Waals surface area contributed by atoms with Crippen LogP contribution in [0.5, 0.6) is 0 Å². The van der Waals surface area contributed by atoms with Crippen LogP contribution in [-0.2, 0) is 33.9 Å². The van der Waals surface area contributed by atoms with Gasteiger partial charge in [-0.3, -0.25) is 4.55 Å². The number of rotatable bonds is 9. The summed E-state index contributed by atoms with van der Waals surface area (Å²) in [6, 6.07) is 24.7. The van der Waals surface area contributed by atoms with Gasteiger partial charge >= 0.3 is 5.97 Å². The van der Waals surface area contributed by atoms with Crippen molar-refractivity contribution in [3.63, 3.8) is 0 Å². The van der Waals surface area contributed by atoms with E-state index in [9.17, 15) is 22.0 Å². The Hall–Kier alpha value is -3.31. The minimum absolute atomic E-state index is 0.0742. The SMILES string of the molecule is O=C(O)c1ccc(CCc2ccccc2N(c2ccc(S(=O)(=O)c3ccccc3)s2)S(=O)O)cc1. The fourth-order valence-electron chi connectivity index (χ4n) is 3.57. The lowest BCUT2D eigenvalue weighted by atomic mass is 10.0. The summed E-state index contributed by atoms with van der Waals surface area (Å²) < 4.78 is 49.8. The fourth-order valence-corrected chi connectivity index (χ4v) is 7.08. The second-order valence-corrected chi connectivity index (χ2v) is 11.6. The average molecular weight is 528 g/mol. The Kier molecular flexibility index (Phi) is 7.46. The highest BCUT2D eigenvalue weighted by Gasteiger charge is 2.25. The fraction of sp³-hybridized carbons (Fsp3) is 0.0800. The third-order valence-corrected chi connectivity index (χ3v) is 9.49. The van der Waals surface area contributed by atoms with E-state index < -0.39 is 27.1 Å². The molecule has 2 N–H and O–H groups in total. The number of thiophene rings is 1. The molecule has 0 saturated carbocycles. The number of nitrogens with zero attached hydrogens (tertiary/aromatic N) is 1.